The number of rotatable bonds is 2. The number of aliphatic hydroxyl groups excluding tert-OH is 1. The minimum Gasteiger partial charge on any atom is -0.383 e. The van der Waals surface area contributed by atoms with E-state index in [1.807, 2.05) is 13.0 Å². The summed E-state index contributed by atoms with van der Waals surface area (Å²) in [6, 6.07) is 11.8. The predicted molar refractivity (Wildman–Crippen MR) is 81.4 cm³/mol. The highest BCUT2D eigenvalue weighted by molar-refractivity contribution is 5.87. The molecule has 1 heterocycles. The number of hydrogen-bond donors (Lipinski definition) is 2. The number of nitrogen functional groups attached to an aromatic ring is 1. The van der Waals surface area contributed by atoms with Crippen molar-refractivity contribution in [3.63, 3.8) is 0 Å². The van der Waals surface area contributed by atoms with Crippen LogP contribution in [0.2, 0.25) is 0 Å². The number of nitrogens with two attached hydrogens (primary N) is 1. The van der Waals surface area contributed by atoms with E-state index < -0.39 is 6.10 Å². The fourth-order valence-electron chi connectivity index (χ4n) is 2.63. The van der Waals surface area contributed by atoms with Crippen molar-refractivity contribution in [3.8, 4) is 0 Å². The number of fused-ring (bicyclic) bond motifs is 1. The molecule has 0 aliphatic rings. The molecule has 0 bridgehead atoms. The van der Waals surface area contributed by atoms with E-state index in [-0.39, 0.29) is 11.6 Å². The van der Waals surface area contributed by atoms with Crippen LogP contribution in [0.4, 0.5) is 10.2 Å². The summed E-state index contributed by atoms with van der Waals surface area (Å²) in [6.45, 7) is 1.86. The lowest BCUT2D eigenvalue weighted by Crippen LogP contribution is -2.08. The van der Waals surface area contributed by atoms with Gasteiger partial charge in [-0.15, -0.1) is 0 Å². The van der Waals surface area contributed by atoms with Crippen molar-refractivity contribution in [3.05, 3.63) is 71.2 Å². The maximum Gasteiger partial charge on any atom is 0.131 e. The maximum atomic E-state index is 13.9. The van der Waals surface area contributed by atoms with Crippen molar-refractivity contribution in [1.82, 2.24) is 4.98 Å². The molecule has 0 fully saturated rings. The van der Waals surface area contributed by atoms with Crippen molar-refractivity contribution in [2.24, 2.45) is 0 Å². The van der Waals surface area contributed by atoms with Crippen LogP contribution < -0.4 is 5.73 Å². The van der Waals surface area contributed by atoms with Crippen molar-refractivity contribution >= 4 is 16.6 Å². The molecule has 0 spiro atoms. The molecular weight excluding hydrogens is 267 g/mol. The van der Waals surface area contributed by atoms with Gasteiger partial charge in [-0.3, -0.25) is 0 Å². The molecule has 1 unspecified atom stereocenters. The minimum absolute atomic E-state index is 0.288. The van der Waals surface area contributed by atoms with Gasteiger partial charge < -0.3 is 10.8 Å². The van der Waals surface area contributed by atoms with E-state index >= 15 is 0 Å². The van der Waals surface area contributed by atoms with E-state index in [0.717, 1.165) is 5.56 Å². The zero-order valence-corrected chi connectivity index (χ0v) is 11.5. The molecule has 0 saturated carbocycles. The molecule has 3 N–H and O–H groups in total. The Labute approximate surface area is 121 Å². The smallest absolute Gasteiger partial charge is 0.131 e. The molecule has 3 aromatic rings. The summed E-state index contributed by atoms with van der Waals surface area (Å²) in [5.41, 5.74) is 7.92. The van der Waals surface area contributed by atoms with Gasteiger partial charge in [0.1, 0.15) is 17.7 Å². The molecule has 0 amide bonds. The van der Waals surface area contributed by atoms with E-state index in [9.17, 15) is 9.50 Å². The molecule has 21 heavy (non-hydrogen) atoms. The second-order valence-electron chi connectivity index (χ2n) is 5.01. The molecule has 1 aromatic heterocycles. The number of halogens is 1. The molecule has 0 saturated heterocycles. The van der Waals surface area contributed by atoms with Crippen LogP contribution in [0.1, 0.15) is 22.8 Å². The van der Waals surface area contributed by atoms with Gasteiger partial charge in [0.25, 0.3) is 0 Å². The number of nitrogens with zero attached hydrogens (tertiary/aromatic N) is 1. The second kappa shape index (κ2) is 5.14. The average Bonchev–Trinajstić information content (AvgIpc) is 2.47. The standard InChI is InChI=1S/C17H15FN2O/c1-10-8-9-20-17(19)15(10)16(21)13-6-7-14(18)12-5-3-2-4-11(12)13/h2-9,16,21H,1H3,(H2,19,20). The summed E-state index contributed by atoms with van der Waals surface area (Å²) in [5.74, 6) is -0.0201. The van der Waals surface area contributed by atoms with Crippen molar-refractivity contribution in [1.29, 1.82) is 0 Å². The molecule has 0 radical (unpaired) electrons. The van der Waals surface area contributed by atoms with Gasteiger partial charge in [-0.2, -0.15) is 0 Å². The molecule has 3 nitrogen and oxygen atoms in total. The normalized spacial score (nSPS) is 12.5. The van der Waals surface area contributed by atoms with Gasteiger partial charge in [-0.05, 0) is 35.6 Å². The van der Waals surface area contributed by atoms with Crippen LogP contribution in [0.25, 0.3) is 10.8 Å². The molecule has 2 aromatic carbocycles. The van der Waals surface area contributed by atoms with Crippen LogP contribution in [0.5, 0.6) is 0 Å². The Bertz CT molecular complexity index is 797. The molecule has 106 valence electrons. The topological polar surface area (TPSA) is 59.1 Å². The lowest BCUT2D eigenvalue weighted by atomic mass is 9.94. The van der Waals surface area contributed by atoms with Crippen molar-refractivity contribution in [2.75, 3.05) is 5.73 Å². The lowest BCUT2D eigenvalue weighted by Gasteiger charge is -2.18. The Kier molecular flexibility index (Phi) is 3.31. The fraction of sp³-hybridized carbons (Fsp3) is 0.118. The van der Waals surface area contributed by atoms with E-state index in [1.165, 1.54) is 6.07 Å². The largest absolute Gasteiger partial charge is 0.383 e. The van der Waals surface area contributed by atoms with Crippen LogP contribution in [-0.2, 0) is 0 Å². The van der Waals surface area contributed by atoms with Crippen LogP contribution in [0, 0.1) is 12.7 Å². The first kappa shape index (κ1) is 13.5. The number of benzene rings is 2. The lowest BCUT2D eigenvalue weighted by molar-refractivity contribution is 0.221. The maximum absolute atomic E-state index is 13.9. The molecule has 0 aliphatic heterocycles. The van der Waals surface area contributed by atoms with Crippen LogP contribution in [0.15, 0.2) is 48.7 Å². The Balaban J connectivity index is 2.23. The number of pyridine rings is 1. The number of aliphatic hydroxyl groups is 1. The second-order valence-corrected chi connectivity index (χ2v) is 5.01. The summed E-state index contributed by atoms with van der Waals surface area (Å²) in [6.07, 6.45) is 0.660. The van der Waals surface area contributed by atoms with E-state index in [0.29, 0.717) is 21.9 Å². The number of aromatic nitrogens is 1. The number of hydrogen-bond acceptors (Lipinski definition) is 3. The highest BCUT2D eigenvalue weighted by Crippen LogP contribution is 2.33. The van der Waals surface area contributed by atoms with Crippen LogP contribution >= 0.6 is 0 Å². The average molecular weight is 282 g/mol. The quantitative estimate of drug-likeness (QED) is 0.758. The van der Waals surface area contributed by atoms with Gasteiger partial charge in [0.15, 0.2) is 0 Å². The molecule has 1 atom stereocenters. The van der Waals surface area contributed by atoms with Gasteiger partial charge in [-0.1, -0.05) is 30.3 Å². The van der Waals surface area contributed by atoms with Crippen molar-refractivity contribution in [2.45, 2.75) is 13.0 Å². The van der Waals surface area contributed by atoms with E-state index in [2.05, 4.69) is 4.98 Å². The zero-order valence-electron chi connectivity index (χ0n) is 11.5. The van der Waals surface area contributed by atoms with Gasteiger partial charge in [0.05, 0.1) is 0 Å². The number of aryl methyl sites for hydroxylation is 1. The van der Waals surface area contributed by atoms with Gasteiger partial charge >= 0.3 is 0 Å². The molecule has 0 aliphatic carbocycles. The Hall–Kier alpha value is -2.46. The first-order chi connectivity index (χ1) is 10.1. The molecule has 3 rings (SSSR count). The van der Waals surface area contributed by atoms with Crippen LogP contribution in [0.3, 0.4) is 0 Å². The number of anilines is 1. The Morgan fingerprint density at radius 3 is 2.52 bits per heavy atom. The van der Waals surface area contributed by atoms with Crippen LogP contribution in [-0.4, -0.2) is 10.1 Å². The summed E-state index contributed by atoms with van der Waals surface area (Å²) in [7, 11) is 0. The predicted octanol–water partition coefficient (Wildman–Crippen LogP) is 3.35. The third kappa shape index (κ3) is 2.23. The SMILES string of the molecule is Cc1ccnc(N)c1C(O)c1ccc(F)c2ccccc12. The molecular formula is C17H15FN2O. The summed E-state index contributed by atoms with van der Waals surface area (Å²) in [4.78, 5) is 4.03. The monoisotopic (exact) mass is 282 g/mol. The van der Waals surface area contributed by atoms with Gasteiger partial charge in [0, 0.05) is 17.1 Å². The van der Waals surface area contributed by atoms with Gasteiger partial charge in [0.2, 0.25) is 0 Å². The molecule has 4 heteroatoms. The third-order valence-electron chi connectivity index (χ3n) is 3.71. The van der Waals surface area contributed by atoms with Crippen molar-refractivity contribution < 1.29 is 9.50 Å². The minimum atomic E-state index is -0.941. The fourth-order valence-corrected chi connectivity index (χ4v) is 2.63. The summed E-state index contributed by atoms with van der Waals surface area (Å²) in [5, 5.41) is 11.9. The van der Waals surface area contributed by atoms with E-state index in [4.69, 9.17) is 5.73 Å². The highest BCUT2D eigenvalue weighted by Gasteiger charge is 2.19. The first-order valence-corrected chi connectivity index (χ1v) is 6.66. The zero-order chi connectivity index (χ0) is 15.0. The summed E-state index contributed by atoms with van der Waals surface area (Å²) < 4.78 is 13.9. The first-order valence-electron chi connectivity index (χ1n) is 6.66. The Morgan fingerprint density at radius 1 is 1.10 bits per heavy atom. The van der Waals surface area contributed by atoms with E-state index in [1.54, 1.807) is 36.5 Å². The summed E-state index contributed by atoms with van der Waals surface area (Å²) >= 11 is 0. The highest BCUT2D eigenvalue weighted by atomic mass is 19.1. The Morgan fingerprint density at radius 2 is 1.81 bits per heavy atom. The third-order valence-corrected chi connectivity index (χ3v) is 3.71. The van der Waals surface area contributed by atoms with Gasteiger partial charge in [-0.25, -0.2) is 9.37 Å².